The van der Waals surface area contributed by atoms with E-state index in [4.69, 9.17) is 0 Å². The minimum absolute atomic E-state index is 0.0279. The average molecular weight is 355 g/mol. The van der Waals surface area contributed by atoms with Crippen LogP contribution in [0.5, 0.6) is 0 Å². The second kappa shape index (κ2) is 9.35. The first-order valence-corrected chi connectivity index (χ1v) is 9.29. The largest absolute Gasteiger partial charge is 0.345 e. The Morgan fingerprint density at radius 3 is 1.80 bits per heavy atom. The Balaban J connectivity index is 4.70. The van der Waals surface area contributed by atoms with Crippen molar-refractivity contribution in [2.45, 2.75) is 93.7 Å². The van der Waals surface area contributed by atoms with Gasteiger partial charge in [-0.1, -0.05) is 55.4 Å². The van der Waals surface area contributed by atoms with Gasteiger partial charge in [0.1, 0.15) is 6.04 Å². The molecule has 0 aliphatic rings. The van der Waals surface area contributed by atoms with E-state index < -0.39 is 17.5 Å². The number of nitrogens with one attached hydrogen (secondary N) is 2. The molecule has 5 heteroatoms. The van der Waals surface area contributed by atoms with E-state index in [0.29, 0.717) is 6.42 Å². The molecule has 2 atom stereocenters. The van der Waals surface area contributed by atoms with Gasteiger partial charge in [-0.15, -0.1) is 0 Å². The third-order valence-electron chi connectivity index (χ3n) is 4.09. The number of hydrogen-bond acceptors (Lipinski definition) is 3. The van der Waals surface area contributed by atoms with Gasteiger partial charge in [-0.3, -0.25) is 14.4 Å². The topological polar surface area (TPSA) is 75.3 Å². The highest BCUT2D eigenvalue weighted by Crippen LogP contribution is 2.21. The monoisotopic (exact) mass is 354 g/mol. The van der Waals surface area contributed by atoms with Gasteiger partial charge in [0.05, 0.1) is 6.04 Å². The van der Waals surface area contributed by atoms with Crippen molar-refractivity contribution in [2.24, 2.45) is 16.7 Å². The third-order valence-corrected chi connectivity index (χ3v) is 4.09. The Kier molecular flexibility index (Phi) is 8.83. The molecule has 0 aliphatic carbocycles. The number of amides is 2. The summed E-state index contributed by atoms with van der Waals surface area (Å²) in [4.78, 5) is 36.9. The van der Waals surface area contributed by atoms with Crippen LogP contribution in [0.15, 0.2) is 0 Å². The van der Waals surface area contributed by atoms with E-state index in [-0.39, 0.29) is 28.9 Å². The molecule has 2 N–H and O–H groups in total. The normalized spacial score (nSPS) is 14.8. The predicted molar refractivity (Wildman–Crippen MR) is 102 cm³/mol. The van der Waals surface area contributed by atoms with Crippen molar-refractivity contribution < 1.29 is 14.4 Å². The molecular weight excluding hydrogens is 316 g/mol. The van der Waals surface area contributed by atoms with Crippen LogP contribution >= 0.6 is 0 Å². The summed E-state index contributed by atoms with van der Waals surface area (Å²) in [6.07, 6.45) is 2.15. The summed E-state index contributed by atoms with van der Waals surface area (Å²) in [5.74, 6) is -0.500. The average Bonchev–Trinajstić information content (AvgIpc) is 2.40. The van der Waals surface area contributed by atoms with E-state index in [1.165, 1.54) is 0 Å². The summed E-state index contributed by atoms with van der Waals surface area (Å²) in [6, 6.07) is -1.20. The van der Waals surface area contributed by atoms with Gasteiger partial charge in [-0.25, -0.2) is 0 Å². The van der Waals surface area contributed by atoms with Crippen molar-refractivity contribution in [2.75, 3.05) is 0 Å². The van der Waals surface area contributed by atoms with Crippen LogP contribution in [0.1, 0.15) is 81.6 Å². The molecule has 0 aromatic heterocycles. The summed E-state index contributed by atoms with van der Waals surface area (Å²) >= 11 is 0. The fourth-order valence-corrected chi connectivity index (χ4v) is 2.58. The van der Waals surface area contributed by atoms with Crippen molar-refractivity contribution in [1.29, 1.82) is 0 Å². The SMILES string of the molecule is CC(C)C(NC(=O)CCCC(C)(C)C)C(=O)N[C@@H](C)C(=O)C(C)(C)C. The Morgan fingerprint density at radius 2 is 1.40 bits per heavy atom. The zero-order valence-electron chi connectivity index (χ0n) is 17.6. The highest BCUT2D eigenvalue weighted by molar-refractivity contribution is 5.94. The number of ketones is 1. The highest BCUT2D eigenvalue weighted by atomic mass is 16.2. The van der Waals surface area contributed by atoms with Crippen molar-refractivity contribution in [3.63, 3.8) is 0 Å². The first kappa shape index (κ1) is 23.6. The van der Waals surface area contributed by atoms with E-state index in [1.54, 1.807) is 6.92 Å². The van der Waals surface area contributed by atoms with Gasteiger partial charge in [0, 0.05) is 11.8 Å². The Morgan fingerprint density at radius 1 is 0.880 bits per heavy atom. The number of hydrogen-bond donors (Lipinski definition) is 2. The smallest absolute Gasteiger partial charge is 0.243 e. The Bertz CT molecular complexity index is 470. The predicted octanol–water partition coefficient (Wildman–Crippen LogP) is 3.46. The van der Waals surface area contributed by atoms with Crippen LogP contribution in [0, 0.1) is 16.7 Å². The molecule has 0 aliphatic heterocycles. The zero-order chi connectivity index (χ0) is 20.0. The van der Waals surface area contributed by atoms with Gasteiger partial charge in [-0.05, 0) is 31.1 Å². The molecule has 2 amide bonds. The molecule has 0 spiro atoms. The fourth-order valence-electron chi connectivity index (χ4n) is 2.58. The van der Waals surface area contributed by atoms with Crippen LogP contribution in [0.4, 0.5) is 0 Å². The Labute approximate surface area is 153 Å². The summed E-state index contributed by atoms with van der Waals surface area (Å²) in [5.41, 5.74) is -0.325. The first-order chi connectivity index (χ1) is 11.1. The second-order valence-electron chi connectivity index (χ2n) is 9.55. The van der Waals surface area contributed by atoms with Gasteiger partial charge in [0.2, 0.25) is 11.8 Å². The standard InChI is InChI=1S/C20H38N2O3/c1-13(2)16(22-15(23)11-10-12-19(4,5)6)18(25)21-14(3)17(24)20(7,8)9/h13-14,16H,10-12H2,1-9H3,(H,21,25)(H,22,23)/t14-,16?/m0/s1. The molecule has 0 bridgehead atoms. The summed E-state index contributed by atoms with van der Waals surface area (Å²) in [5, 5.41) is 5.57. The maximum atomic E-state index is 12.5. The second-order valence-corrected chi connectivity index (χ2v) is 9.55. The van der Waals surface area contributed by atoms with E-state index >= 15 is 0 Å². The summed E-state index contributed by atoms with van der Waals surface area (Å²) in [6.45, 7) is 17.4. The number of carbonyl (C=O) groups is 3. The van der Waals surface area contributed by atoms with E-state index in [2.05, 4.69) is 31.4 Å². The lowest BCUT2D eigenvalue weighted by molar-refractivity contribution is -0.134. The molecule has 0 heterocycles. The molecular formula is C20H38N2O3. The highest BCUT2D eigenvalue weighted by Gasteiger charge is 2.31. The minimum atomic E-state index is -0.627. The molecule has 0 saturated carbocycles. The molecule has 25 heavy (non-hydrogen) atoms. The minimum Gasteiger partial charge on any atom is -0.345 e. The summed E-state index contributed by atoms with van der Waals surface area (Å²) in [7, 11) is 0. The first-order valence-electron chi connectivity index (χ1n) is 9.29. The van der Waals surface area contributed by atoms with Crippen molar-refractivity contribution in [3.8, 4) is 0 Å². The molecule has 0 radical (unpaired) electrons. The molecule has 146 valence electrons. The lowest BCUT2D eigenvalue weighted by Gasteiger charge is -2.27. The zero-order valence-corrected chi connectivity index (χ0v) is 17.6. The molecule has 5 nitrogen and oxygen atoms in total. The lowest BCUT2D eigenvalue weighted by atomic mass is 9.87. The van der Waals surface area contributed by atoms with Crippen molar-refractivity contribution in [3.05, 3.63) is 0 Å². The quantitative estimate of drug-likeness (QED) is 0.701. The molecule has 0 aromatic rings. The number of rotatable bonds is 8. The van der Waals surface area contributed by atoms with E-state index in [9.17, 15) is 14.4 Å². The van der Waals surface area contributed by atoms with Gasteiger partial charge in [0.25, 0.3) is 0 Å². The van der Waals surface area contributed by atoms with Crippen LogP contribution in [0.3, 0.4) is 0 Å². The van der Waals surface area contributed by atoms with Gasteiger partial charge in [0.15, 0.2) is 5.78 Å². The number of carbonyl (C=O) groups excluding carboxylic acids is 3. The third kappa shape index (κ3) is 9.61. The van der Waals surface area contributed by atoms with E-state index in [1.807, 2.05) is 34.6 Å². The van der Waals surface area contributed by atoms with Gasteiger partial charge < -0.3 is 10.6 Å². The summed E-state index contributed by atoms with van der Waals surface area (Å²) < 4.78 is 0. The van der Waals surface area contributed by atoms with Crippen LogP contribution in [0.2, 0.25) is 0 Å². The maximum Gasteiger partial charge on any atom is 0.243 e. The van der Waals surface area contributed by atoms with Crippen LogP contribution < -0.4 is 10.6 Å². The van der Waals surface area contributed by atoms with Crippen LogP contribution in [-0.2, 0) is 14.4 Å². The van der Waals surface area contributed by atoms with Crippen LogP contribution in [0.25, 0.3) is 0 Å². The van der Waals surface area contributed by atoms with E-state index in [0.717, 1.165) is 12.8 Å². The van der Waals surface area contributed by atoms with Crippen molar-refractivity contribution in [1.82, 2.24) is 10.6 Å². The fraction of sp³-hybridized carbons (Fsp3) is 0.850. The number of Topliss-reactive ketones (excluding diaryl/α,β-unsaturated/α-hetero) is 1. The van der Waals surface area contributed by atoms with Gasteiger partial charge >= 0.3 is 0 Å². The van der Waals surface area contributed by atoms with Crippen LogP contribution in [-0.4, -0.2) is 29.7 Å². The molecule has 1 unspecified atom stereocenters. The molecule has 0 aromatic carbocycles. The lowest BCUT2D eigenvalue weighted by Crippen LogP contribution is -2.54. The molecule has 0 fully saturated rings. The Hall–Kier alpha value is -1.39. The van der Waals surface area contributed by atoms with Crippen molar-refractivity contribution >= 4 is 17.6 Å². The maximum absolute atomic E-state index is 12.5. The molecule has 0 saturated heterocycles. The molecule has 0 rings (SSSR count). The van der Waals surface area contributed by atoms with Gasteiger partial charge in [-0.2, -0.15) is 0 Å².